The summed E-state index contributed by atoms with van der Waals surface area (Å²) in [6.45, 7) is 1.11. The van der Waals surface area contributed by atoms with Gasteiger partial charge in [0.2, 0.25) is 0 Å². The molecule has 0 unspecified atom stereocenters. The van der Waals surface area contributed by atoms with Crippen molar-refractivity contribution in [1.29, 1.82) is 0 Å². The first kappa shape index (κ1) is 10.7. The van der Waals surface area contributed by atoms with Gasteiger partial charge in [0.1, 0.15) is 0 Å². The molecule has 3 heteroatoms. The summed E-state index contributed by atoms with van der Waals surface area (Å²) in [6.07, 6.45) is 6.74. The van der Waals surface area contributed by atoms with E-state index in [0.29, 0.717) is 0 Å². The number of aliphatic hydroxyl groups excluding tert-OH is 1. The zero-order valence-corrected chi connectivity index (χ0v) is 9.37. The van der Waals surface area contributed by atoms with E-state index in [0.717, 1.165) is 19.4 Å². The fraction of sp³-hybridized carbons (Fsp3) is 0.667. The maximum absolute atomic E-state index is 9.45. The normalized spacial score (nSPS) is 19.6. The van der Waals surface area contributed by atoms with Gasteiger partial charge in [0.25, 0.3) is 0 Å². The predicted octanol–water partition coefficient (Wildman–Crippen LogP) is 1.42. The van der Waals surface area contributed by atoms with Crippen LogP contribution in [-0.4, -0.2) is 21.8 Å². The van der Waals surface area contributed by atoms with E-state index in [9.17, 15) is 5.11 Å². The Balaban J connectivity index is 1.94. The van der Waals surface area contributed by atoms with Gasteiger partial charge in [-0.2, -0.15) is 0 Å². The lowest BCUT2D eigenvalue weighted by Crippen LogP contribution is -2.45. The summed E-state index contributed by atoms with van der Waals surface area (Å²) in [4.78, 5) is 0. The maximum atomic E-state index is 9.45. The van der Waals surface area contributed by atoms with Crippen LogP contribution in [0.25, 0.3) is 0 Å². The zero-order chi connectivity index (χ0) is 10.7. The number of nitrogens with one attached hydrogen (secondary N) is 1. The van der Waals surface area contributed by atoms with E-state index >= 15 is 0 Å². The van der Waals surface area contributed by atoms with Crippen LogP contribution in [0.3, 0.4) is 0 Å². The van der Waals surface area contributed by atoms with E-state index in [1.165, 1.54) is 18.5 Å². The first-order chi connectivity index (χ1) is 7.26. The Morgan fingerprint density at radius 2 is 2.20 bits per heavy atom. The number of aryl methyl sites for hydroxylation is 1. The van der Waals surface area contributed by atoms with Crippen LogP contribution in [0.1, 0.15) is 31.4 Å². The number of hydrogen-bond donors (Lipinski definition) is 2. The third-order valence-corrected chi connectivity index (χ3v) is 3.56. The van der Waals surface area contributed by atoms with Gasteiger partial charge in [-0.3, -0.25) is 0 Å². The van der Waals surface area contributed by atoms with Crippen LogP contribution in [0.5, 0.6) is 0 Å². The second-order valence-corrected chi connectivity index (χ2v) is 4.61. The van der Waals surface area contributed by atoms with E-state index < -0.39 is 0 Å². The fourth-order valence-electron chi connectivity index (χ4n) is 2.40. The molecule has 1 fully saturated rings. The number of aliphatic hydroxyl groups is 1. The molecule has 0 radical (unpaired) electrons. The highest BCUT2D eigenvalue weighted by Crippen LogP contribution is 2.29. The molecule has 15 heavy (non-hydrogen) atoms. The Bertz CT molecular complexity index is 313. The second kappa shape index (κ2) is 4.37. The van der Waals surface area contributed by atoms with Gasteiger partial charge >= 0.3 is 0 Å². The monoisotopic (exact) mass is 208 g/mol. The largest absolute Gasteiger partial charge is 0.394 e. The molecular weight excluding hydrogens is 188 g/mol. The topological polar surface area (TPSA) is 37.2 Å². The van der Waals surface area contributed by atoms with E-state index in [-0.39, 0.29) is 12.1 Å². The standard InChI is InChI=1S/C12H20N2O/c1-14-8-4-5-11(14)9-13-12(10-15)6-2-3-7-12/h4-5,8,13,15H,2-3,6-7,9-10H2,1H3. The molecule has 0 spiro atoms. The van der Waals surface area contributed by atoms with Crippen molar-refractivity contribution >= 4 is 0 Å². The van der Waals surface area contributed by atoms with Crippen LogP contribution in [0.4, 0.5) is 0 Å². The molecule has 1 aliphatic rings. The predicted molar refractivity (Wildman–Crippen MR) is 60.5 cm³/mol. The molecule has 1 saturated carbocycles. The molecule has 1 aliphatic carbocycles. The summed E-state index contributed by atoms with van der Waals surface area (Å²) in [5.74, 6) is 0. The van der Waals surface area contributed by atoms with Crippen molar-refractivity contribution in [2.24, 2.45) is 7.05 Å². The number of nitrogens with zero attached hydrogens (tertiary/aromatic N) is 1. The summed E-state index contributed by atoms with van der Waals surface area (Å²) in [5, 5.41) is 13.0. The number of rotatable bonds is 4. The Labute approximate surface area is 91.1 Å². The summed E-state index contributed by atoms with van der Waals surface area (Å²) >= 11 is 0. The lowest BCUT2D eigenvalue weighted by molar-refractivity contribution is 0.162. The Kier molecular flexibility index (Phi) is 3.12. The molecule has 0 saturated heterocycles. The average molecular weight is 208 g/mol. The molecule has 0 aliphatic heterocycles. The van der Waals surface area contributed by atoms with Crippen molar-refractivity contribution < 1.29 is 5.11 Å². The zero-order valence-electron chi connectivity index (χ0n) is 9.37. The highest BCUT2D eigenvalue weighted by molar-refractivity contribution is 5.07. The van der Waals surface area contributed by atoms with Crippen LogP contribution < -0.4 is 5.32 Å². The molecule has 3 nitrogen and oxygen atoms in total. The van der Waals surface area contributed by atoms with E-state index in [4.69, 9.17) is 0 Å². The SMILES string of the molecule is Cn1cccc1CNC1(CO)CCCC1. The molecule has 1 aromatic heterocycles. The maximum Gasteiger partial charge on any atom is 0.0613 e. The quantitative estimate of drug-likeness (QED) is 0.785. The van der Waals surface area contributed by atoms with Crippen molar-refractivity contribution in [3.63, 3.8) is 0 Å². The van der Waals surface area contributed by atoms with Crippen molar-refractivity contribution in [2.45, 2.75) is 37.8 Å². The molecule has 0 bridgehead atoms. The van der Waals surface area contributed by atoms with Crippen molar-refractivity contribution in [3.8, 4) is 0 Å². The molecule has 0 amide bonds. The van der Waals surface area contributed by atoms with Crippen LogP contribution in [0, 0.1) is 0 Å². The third kappa shape index (κ3) is 2.24. The summed E-state index contributed by atoms with van der Waals surface area (Å²) < 4.78 is 2.12. The van der Waals surface area contributed by atoms with E-state index in [1.807, 2.05) is 0 Å². The van der Waals surface area contributed by atoms with Crippen molar-refractivity contribution in [2.75, 3.05) is 6.61 Å². The van der Waals surface area contributed by atoms with Crippen LogP contribution in [0.15, 0.2) is 18.3 Å². The van der Waals surface area contributed by atoms with Crippen LogP contribution in [0.2, 0.25) is 0 Å². The van der Waals surface area contributed by atoms with Crippen molar-refractivity contribution in [3.05, 3.63) is 24.0 Å². The van der Waals surface area contributed by atoms with Gasteiger partial charge in [-0.1, -0.05) is 12.8 Å². The van der Waals surface area contributed by atoms with Gasteiger partial charge < -0.3 is 15.0 Å². The Hall–Kier alpha value is -0.800. The number of aromatic nitrogens is 1. The first-order valence-electron chi connectivity index (χ1n) is 5.72. The Morgan fingerprint density at radius 3 is 2.73 bits per heavy atom. The molecule has 0 aromatic carbocycles. The number of hydrogen-bond acceptors (Lipinski definition) is 2. The molecule has 0 atom stereocenters. The molecule has 1 heterocycles. The third-order valence-electron chi connectivity index (χ3n) is 3.56. The summed E-state index contributed by atoms with van der Waals surface area (Å²) in [5.41, 5.74) is 1.26. The minimum Gasteiger partial charge on any atom is -0.394 e. The van der Waals surface area contributed by atoms with Crippen LogP contribution in [-0.2, 0) is 13.6 Å². The molecule has 2 rings (SSSR count). The second-order valence-electron chi connectivity index (χ2n) is 4.61. The lowest BCUT2D eigenvalue weighted by Gasteiger charge is -2.28. The summed E-state index contributed by atoms with van der Waals surface area (Å²) in [7, 11) is 2.05. The van der Waals surface area contributed by atoms with Gasteiger partial charge in [0.15, 0.2) is 0 Å². The Morgan fingerprint density at radius 1 is 1.47 bits per heavy atom. The minimum atomic E-state index is -0.00965. The van der Waals surface area contributed by atoms with Crippen LogP contribution >= 0.6 is 0 Å². The van der Waals surface area contributed by atoms with Gasteiger partial charge in [0.05, 0.1) is 6.61 Å². The molecule has 1 aromatic rings. The van der Waals surface area contributed by atoms with Gasteiger partial charge in [-0.15, -0.1) is 0 Å². The van der Waals surface area contributed by atoms with Crippen molar-refractivity contribution in [1.82, 2.24) is 9.88 Å². The van der Waals surface area contributed by atoms with E-state index in [2.05, 4.69) is 35.3 Å². The average Bonchev–Trinajstić information content (AvgIpc) is 2.85. The highest BCUT2D eigenvalue weighted by atomic mass is 16.3. The fourth-order valence-corrected chi connectivity index (χ4v) is 2.40. The lowest BCUT2D eigenvalue weighted by atomic mass is 9.99. The molecule has 84 valence electrons. The van der Waals surface area contributed by atoms with E-state index in [1.54, 1.807) is 0 Å². The molecular formula is C12H20N2O. The van der Waals surface area contributed by atoms with Gasteiger partial charge in [-0.05, 0) is 25.0 Å². The van der Waals surface area contributed by atoms with Gasteiger partial charge in [0, 0.05) is 31.0 Å². The first-order valence-corrected chi connectivity index (χ1v) is 5.72. The van der Waals surface area contributed by atoms with Gasteiger partial charge in [-0.25, -0.2) is 0 Å². The summed E-state index contributed by atoms with van der Waals surface area (Å²) in [6, 6.07) is 4.17. The minimum absolute atomic E-state index is 0.00965. The highest BCUT2D eigenvalue weighted by Gasteiger charge is 2.32. The smallest absolute Gasteiger partial charge is 0.0613 e. The molecule has 2 N–H and O–H groups in total.